The summed E-state index contributed by atoms with van der Waals surface area (Å²) in [4.78, 5) is 11.8. The summed E-state index contributed by atoms with van der Waals surface area (Å²) in [5.74, 6) is 0.923. The lowest BCUT2D eigenvalue weighted by Gasteiger charge is -2.12. The molecule has 0 unspecified atom stereocenters. The van der Waals surface area contributed by atoms with Gasteiger partial charge >= 0.3 is 0 Å². The van der Waals surface area contributed by atoms with Crippen LogP contribution < -0.4 is 10.1 Å². The summed E-state index contributed by atoms with van der Waals surface area (Å²) in [6.45, 7) is 8.76. The maximum absolute atomic E-state index is 11.8. The highest BCUT2D eigenvalue weighted by Crippen LogP contribution is 2.18. The second-order valence-corrected chi connectivity index (χ2v) is 4.20. The number of hydrogen-bond donors (Lipinski definition) is 1. The molecule has 3 heteroatoms. The van der Waals surface area contributed by atoms with Crippen LogP contribution in [0.4, 0.5) is 0 Å². The van der Waals surface area contributed by atoms with Gasteiger partial charge < -0.3 is 10.1 Å². The lowest BCUT2D eigenvalue weighted by atomic mass is 10.2. The Labute approximate surface area is 102 Å². The molecule has 92 valence electrons. The molecule has 0 aromatic heterocycles. The third-order valence-corrected chi connectivity index (χ3v) is 2.11. The monoisotopic (exact) mass is 233 g/mol. The Hall–Kier alpha value is -1.77. The number of para-hydroxylation sites is 1. The van der Waals surface area contributed by atoms with Gasteiger partial charge in [-0.3, -0.25) is 4.79 Å². The van der Waals surface area contributed by atoms with Crippen molar-refractivity contribution in [1.82, 2.24) is 5.32 Å². The Kier molecular flexibility index (Phi) is 5.27. The summed E-state index contributed by atoms with van der Waals surface area (Å²) in [6.07, 6.45) is 1.65. The second kappa shape index (κ2) is 6.74. The molecule has 0 bridgehead atoms. The van der Waals surface area contributed by atoms with Gasteiger partial charge in [0, 0.05) is 6.54 Å². The molecule has 0 atom stereocenters. The first-order chi connectivity index (χ1) is 8.15. The molecule has 1 aromatic carbocycles. The predicted molar refractivity (Wildman–Crippen MR) is 69.3 cm³/mol. The molecule has 3 nitrogen and oxygen atoms in total. The van der Waals surface area contributed by atoms with Crippen LogP contribution >= 0.6 is 0 Å². The van der Waals surface area contributed by atoms with Crippen molar-refractivity contribution in [3.05, 3.63) is 42.5 Å². The number of ether oxygens (including phenoxy) is 1. The van der Waals surface area contributed by atoms with Gasteiger partial charge in [-0.2, -0.15) is 0 Å². The Morgan fingerprint density at radius 1 is 1.47 bits per heavy atom. The molecule has 0 saturated carbocycles. The first kappa shape index (κ1) is 13.3. The fourth-order valence-corrected chi connectivity index (χ4v) is 1.30. The SMILES string of the molecule is C=CCNC(=O)c1ccccc1OCC(C)C. The number of nitrogens with one attached hydrogen (secondary N) is 1. The first-order valence-electron chi connectivity index (χ1n) is 5.76. The molecule has 1 amide bonds. The van der Waals surface area contributed by atoms with E-state index in [0.29, 0.717) is 30.4 Å². The van der Waals surface area contributed by atoms with Crippen LogP contribution in [-0.4, -0.2) is 19.1 Å². The number of hydrogen-bond acceptors (Lipinski definition) is 2. The fraction of sp³-hybridized carbons (Fsp3) is 0.357. The minimum atomic E-state index is -0.135. The molecule has 0 saturated heterocycles. The molecule has 0 spiro atoms. The summed E-state index contributed by atoms with van der Waals surface area (Å²) in [5.41, 5.74) is 0.565. The molecule has 1 aromatic rings. The van der Waals surface area contributed by atoms with E-state index in [2.05, 4.69) is 25.7 Å². The number of amides is 1. The Balaban J connectivity index is 2.76. The zero-order valence-electron chi connectivity index (χ0n) is 10.4. The van der Waals surface area contributed by atoms with Crippen LogP contribution in [0.25, 0.3) is 0 Å². The summed E-state index contributed by atoms with van der Waals surface area (Å²) >= 11 is 0. The van der Waals surface area contributed by atoms with Gasteiger partial charge in [0.1, 0.15) is 5.75 Å². The van der Waals surface area contributed by atoms with Crippen LogP contribution in [0.5, 0.6) is 5.75 Å². The highest BCUT2D eigenvalue weighted by Gasteiger charge is 2.11. The topological polar surface area (TPSA) is 38.3 Å². The van der Waals surface area contributed by atoms with Crippen molar-refractivity contribution >= 4 is 5.91 Å². The Morgan fingerprint density at radius 3 is 2.82 bits per heavy atom. The van der Waals surface area contributed by atoms with E-state index in [4.69, 9.17) is 4.74 Å². The lowest BCUT2D eigenvalue weighted by Crippen LogP contribution is -2.24. The van der Waals surface area contributed by atoms with E-state index in [1.807, 2.05) is 18.2 Å². The van der Waals surface area contributed by atoms with E-state index in [9.17, 15) is 4.79 Å². The first-order valence-corrected chi connectivity index (χ1v) is 5.76. The van der Waals surface area contributed by atoms with Crippen LogP contribution in [0.15, 0.2) is 36.9 Å². The average molecular weight is 233 g/mol. The molecule has 1 rings (SSSR count). The van der Waals surface area contributed by atoms with Gasteiger partial charge in [-0.25, -0.2) is 0 Å². The molecule has 0 radical (unpaired) electrons. The van der Waals surface area contributed by atoms with E-state index in [1.165, 1.54) is 0 Å². The molecule has 0 aliphatic carbocycles. The minimum absolute atomic E-state index is 0.135. The smallest absolute Gasteiger partial charge is 0.255 e. The molecule has 17 heavy (non-hydrogen) atoms. The summed E-state index contributed by atoms with van der Waals surface area (Å²) in [5, 5.41) is 2.74. The average Bonchev–Trinajstić information content (AvgIpc) is 2.33. The van der Waals surface area contributed by atoms with Crippen molar-refractivity contribution in [2.24, 2.45) is 5.92 Å². The highest BCUT2D eigenvalue weighted by molar-refractivity contribution is 5.96. The summed E-state index contributed by atoms with van der Waals surface area (Å²) in [6, 6.07) is 7.25. The normalized spacial score (nSPS) is 10.1. The maximum atomic E-state index is 11.8. The van der Waals surface area contributed by atoms with E-state index in [0.717, 1.165) is 0 Å². The molecular weight excluding hydrogens is 214 g/mol. The van der Waals surface area contributed by atoms with E-state index in [1.54, 1.807) is 12.1 Å². The highest BCUT2D eigenvalue weighted by atomic mass is 16.5. The van der Waals surface area contributed by atoms with Gasteiger partial charge in [-0.1, -0.05) is 32.1 Å². The number of rotatable bonds is 6. The molecule has 1 N–H and O–H groups in total. The van der Waals surface area contributed by atoms with E-state index >= 15 is 0 Å². The van der Waals surface area contributed by atoms with Gasteiger partial charge in [0.05, 0.1) is 12.2 Å². The Bertz CT molecular complexity index is 386. The van der Waals surface area contributed by atoms with Crippen LogP contribution in [0.2, 0.25) is 0 Å². The third kappa shape index (κ3) is 4.31. The number of benzene rings is 1. The van der Waals surface area contributed by atoms with Crippen molar-refractivity contribution in [3.63, 3.8) is 0 Å². The third-order valence-electron chi connectivity index (χ3n) is 2.11. The van der Waals surface area contributed by atoms with E-state index in [-0.39, 0.29) is 5.91 Å². The zero-order chi connectivity index (χ0) is 12.7. The van der Waals surface area contributed by atoms with Crippen molar-refractivity contribution in [2.45, 2.75) is 13.8 Å². The second-order valence-electron chi connectivity index (χ2n) is 4.20. The van der Waals surface area contributed by atoms with Crippen molar-refractivity contribution < 1.29 is 9.53 Å². The van der Waals surface area contributed by atoms with Crippen LogP contribution in [-0.2, 0) is 0 Å². The van der Waals surface area contributed by atoms with E-state index < -0.39 is 0 Å². The largest absolute Gasteiger partial charge is 0.492 e. The lowest BCUT2D eigenvalue weighted by molar-refractivity contribution is 0.0953. The summed E-state index contributed by atoms with van der Waals surface area (Å²) < 4.78 is 5.61. The predicted octanol–water partition coefficient (Wildman–Crippen LogP) is 2.64. The Morgan fingerprint density at radius 2 is 2.18 bits per heavy atom. The maximum Gasteiger partial charge on any atom is 0.255 e. The van der Waals surface area contributed by atoms with Gasteiger partial charge in [0.25, 0.3) is 5.91 Å². The molecule has 0 heterocycles. The standard InChI is InChI=1S/C14H19NO2/c1-4-9-15-14(16)12-7-5-6-8-13(12)17-10-11(2)3/h4-8,11H,1,9-10H2,2-3H3,(H,15,16). The zero-order valence-corrected chi connectivity index (χ0v) is 10.4. The quantitative estimate of drug-likeness (QED) is 0.767. The number of carbonyl (C=O) groups excluding carboxylic acids is 1. The van der Waals surface area contributed by atoms with Gasteiger partial charge in [0.2, 0.25) is 0 Å². The minimum Gasteiger partial charge on any atom is -0.492 e. The van der Waals surface area contributed by atoms with Gasteiger partial charge in [0.15, 0.2) is 0 Å². The van der Waals surface area contributed by atoms with Gasteiger partial charge in [-0.05, 0) is 18.1 Å². The molecule has 0 fully saturated rings. The molecular formula is C14H19NO2. The van der Waals surface area contributed by atoms with Crippen LogP contribution in [0.3, 0.4) is 0 Å². The van der Waals surface area contributed by atoms with Crippen molar-refractivity contribution in [3.8, 4) is 5.75 Å². The van der Waals surface area contributed by atoms with Crippen molar-refractivity contribution in [1.29, 1.82) is 0 Å². The van der Waals surface area contributed by atoms with Crippen LogP contribution in [0.1, 0.15) is 24.2 Å². The van der Waals surface area contributed by atoms with Crippen molar-refractivity contribution in [2.75, 3.05) is 13.2 Å². The fourth-order valence-electron chi connectivity index (χ4n) is 1.30. The van der Waals surface area contributed by atoms with Crippen LogP contribution in [0, 0.1) is 5.92 Å². The molecule has 0 aliphatic heterocycles. The number of carbonyl (C=O) groups is 1. The summed E-state index contributed by atoms with van der Waals surface area (Å²) in [7, 11) is 0. The molecule has 0 aliphatic rings. The van der Waals surface area contributed by atoms with Gasteiger partial charge in [-0.15, -0.1) is 6.58 Å².